The van der Waals surface area contributed by atoms with Gasteiger partial charge in [0.25, 0.3) is 0 Å². The Labute approximate surface area is 95.3 Å². The number of phosphoric ester groups is 1. The van der Waals surface area contributed by atoms with Crippen molar-refractivity contribution in [3.05, 3.63) is 0 Å². The highest BCUT2D eigenvalue weighted by molar-refractivity contribution is 7.46. The van der Waals surface area contributed by atoms with Crippen molar-refractivity contribution in [2.75, 3.05) is 33.0 Å². The van der Waals surface area contributed by atoms with Crippen LogP contribution in [-0.4, -0.2) is 53.0 Å². The van der Waals surface area contributed by atoms with Crippen LogP contribution in [0.25, 0.3) is 0 Å². The van der Waals surface area contributed by atoms with Crippen LogP contribution in [0.5, 0.6) is 0 Å². The van der Waals surface area contributed by atoms with Gasteiger partial charge in [-0.25, -0.2) is 4.57 Å². The summed E-state index contributed by atoms with van der Waals surface area (Å²) in [5, 5.41) is 16.2. The minimum Gasteiger partial charge on any atom is -0.394 e. The van der Waals surface area contributed by atoms with E-state index in [2.05, 4.69) is 9.26 Å². The molecule has 0 spiro atoms. The third-order valence-electron chi connectivity index (χ3n) is 1.23. The number of rotatable bonds is 8. The lowest BCUT2D eigenvalue weighted by molar-refractivity contribution is 0.0650. The predicted molar refractivity (Wildman–Crippen MR) is 57.9 cm³/mol. The zero-order valence-electron chi connectivity index (χ0n) is 9.41. The molecule has 0 aliphatic rings. The van der Waals surface area contributed by atoms with Crippen LogP contribution in [0.3, 0.4) is 0 Å². The van der Waals surface area contributed by atoms with Crippen LogP contribution >= 0.6 is 7.82 Å². The molecule has 0 rings (SSSR count). The third-order valence-corrected chi connectivity index (χ3v) is 1.75. The second-order valence-corrected chi connectivity index (χ2v) is 3.98. The highest BCUT2D eigenvalue weighted by Crippen LogP contribution is 2.35. The zero-order valence-corrected chi connectivity index (χ0v) is 10.3. The summed E-state index contributed by atoms with van der Waals surface area (Å²) < 4.78 is 18.7. The van der Waals surface area contributed by atoms with Crippen molar-refractivity contribution in [1.29, 1.82) is 0 Å². The first-order valence-electron chi connectivity index (χ1n) is 4.97. The number of unbranched alkanes of at least 4 members (excludes halogenated alkanes) is 1. The van der Waals surface area contributed by atoms with Gasteiger partial charge in [0, 0.05) is 0 Å². The maximum absolute atomic E-state index is 9.98. The average Bonchev–Trinajstić information content (AvgIpc) is 2.18. The molecule has 16 heavy (non-hydrogen) atoms. The Kier molecular flexibility index (Phi) is 15.0. The molecule has 0 bridgehead atoms. The summed E-state index contributed by atoms with van der Waals surface area (Å²) in [6.07, 6.45) is 1.56. The number of ether oxygens (including phenoxy) is 1. The summed E-state index contributed by atoms with van der Waals surface area (Å²) in [6, 6.07) is 0. The second kappa shape index (κ2) is 13.1. The van der Waals surface area contributed by atoms with Crippen LogP contribution in [0, 0.1) is 0 Å². The molecule has 7 nitrogen and oxygen atoms in total. The van der Waals surface area contributed by atoms with Crippen LogP contribution < -0.4 is 0 Å². The zero-order chi connectivity index (χ0) is 12.9. The summed E-state index contributed by atoms with van der Waals surface area (Å²) in [4.78, 5) is 16.3. The van der Waals surface area contributed by atoms with Gasteiger partial charge >= 0.3 is 7.82 Å². The Morgan fingerprint density at radius 1 is 1.06 bits per heavy atom. The Hall–Kier alpha value is -0.0100. The quantitative estimate of drug-likeness (QED) is 0.355. The summed E-state index contributed by atoms with van der Waals surface area (Å²) in [7, 11) is -4.20. The van der Waals surface area contributed by atoms with Crippen molar-refractivity contribution in [3.8, 4) is 0 Å². The number of hydrogen-bond donors (Lipinski definition) is 4. The summed E-state index contributed by atoms with van der Waals surface area (Å²) in [5.74, 6) is 0. The molecule has 0 atom stereocenters. The van der Waals surface area contributed by atoms with Crippen LogP contribution in [0.2, 0.25) is 0 Å². The van der Waals surface area contributed by atoms with Gasteiger partial charge in [-0.15, -0.1) is 0 Å². The molecule has 4 N–H and O–H groups in total. The first kappa shape index (κ1) is 18.4. The SMILES string of the molecule is CCCCOP(=O)(O)O.OCCOCCO. The van der Waals surface area contributed by atoms with Gasteiger partial charge in [-0.05, 0) is 6.42 Å². The van der Waals surface area contributed by atoms with Gasteiger partial charge < -0.3 is 24.7 Å². The Bertz CT molecular complexity index is 166. The maximum Gasteiger partial charge on any atom is 0.469 e. The summed E-state index contributed by atoms with van der Waals surface area (Å²) in [6.45, 7) is 2.75. The molecule has 0 unspecified atom stereocenters. The molecular weight excluding hydrogens is 239 g/mol. The molecule has 0 aromatic carbocycles. The van der Waals surface area contributed by atoms with E-state index >= 15 is 0 Å². The number of aliphatic hydroxyl groups is 2. The summed E-state index contributed by atoms with van der Waals surface area (Å²) >= 11 is 0. The number of aliphatic hydroxyl groups excluding tert-OH is 2. The maximum atomic E-state index is 9.98. The fourth-order valence-electron chi connectivity index (χ4n) is 0.559. The largest absolute Gasteiger partial charge is 0.469 e. The van der Waals surface area contributed by atoms with Crippen molar-refractivity contribution in [2.45, 2.75) is 19.8 Å². The lowest BCUT2D eigenvalue weighted by atomic mass is 10.4. The molecule has 0 radical (unpaired) electrons. The minimum absolute atomic E-state index is 0.0278. The Balaban J connectivity index is 0. The fraction of sp³-hybridized carbons (Fsp3) is 1.00. The van der Waals surface area contributed by atoms with Gasteiger partial charge in [-0.2, -0.15) is 0 Å². The van der Waals surface area contributed by atoms with Crippen molar-refractivity contribution >= 4 is 7.82 Å². The molecule has 0 aliphatic heterocycles. The van der Waals surface area contributed by atoms with E-state index in [-0.39, 0.29) is 19.8 Å². The van der Waals surface area contributed by atoms with Crippen LogP contribution in [0.4, 0.5) is 0 Å². The van der Waals surface area contributed by atoms with Crippen LogP contribution in [0.1, 0.15) is 19.8 Å². The Morgan fingerprint density at radius 2 is 1.56 bits per heavy atom. The normalized spacial score (nSPS) is 10.8. The first-order valence-corrected chi connectivity index (χ1v) is 6.50. The average molecular weight is 260 g/mol. The highest BCUT2D eigenvalue weighted by Gasteiger charge is 2.11. The lowest BCUT2D eigenvalue weighted by Gasteiger charge is -2.02. The van der Waals surface area contributed by atoms with Gasteiger partial charge in [-0.3, -0.25) is 4.52 Å². The van der Waals surface area contributed by atoms with Gasteiger partial charge in [0.1, 0.15) is 0 Å². The fourth-order valence-corrected chi connectivity index (χ4v) is 0.926. The molecule has 0 amide bonds. The topological polar surface area (TPSA) is 116 Å². The van der Waals surface area contributed by atoms with Gasteiger partial charge in [-0.1, -0.05) is 13.3 Å². The van der Waals surface area contributed by atoms with E-state index in [1.54, 1.807) is 0 Å². The second-order valence-electron chi connectivity index (χ2n) is 2.74. The van der Waals surface area contributed by atoms with Crippen molar-refractivity contribution in [3.63, 3.8) is 0 Å². The molecule has 0 fully saturated rings. The standard InChI is InChI=1S/C4H11O4P.C4H10O3/c1-2-3-4-8-9(5,6)7;5-1-3-7-4-2-6/h2-4H2,1H3,(H2,5,6,7);5-6H,1-4H2. The van der Waals surface area contributed by atoms with E-state index in [0.29, 0.717) is 19.6 Å². The minimum atomic E-state index is -4.20. The molecule has 100 valence electrons. The van der Waals surface area contributed by atoms with Gasteiger partial charge in [0.2, 0.25) is 0 Å². The monoisotopic (exact) mass is 260 g/mol. The number of hydrogen-bond acceptors (Lipinski definition) is 5. The molecule has 0 saturated carbocycles. The van der Waals surface area contributed by atoms with E-state index in [9.17, 15) is 4.57 Å². The Morgan fingerprint density at radius 3 is 1.88 bits per heavy atom. The molecule has 0 heterocycles. The summed E-state index contributed by atoms with van der Waals surface area (Å²) in [5.41, 5.74) is 0. The van der Waals surface area contributed by atoms with Crippen molar-refractivity contribution in [2.24, 2.45) is 0 Å². The van der Waals surface area contributed by atoms with E-state index < -0.39 is 7.82 Å². The molecule has 0 aliphatic carbocycles. The predicted octanol–water partition coefficient (Wildman–Crippen LogP) is -0.117. The van der Waals surface area contributed by atoms with Crippen molar-refractivity contribution < 1.29 is 33.8 Å². The van der Waals surface area contributed by atoms with E-state index in [0.717, 1.165) is 6.42 Å². The van der Waals surface area contributed by atoms with Crippen molar-refractivity contribution in [1.82, 2.24) is 0 Å². The molecule has 8 heteroatoms. The lowest BCUT2D eigenvalue weighted by Crippen LogP contribution is -2.03. The van der Waals surface area contributed by atoms with Gasteiger partial charge in [0.15, 0.2) is 0 Å². The molecule has 0 aromatic heterocycles. The van der Waals surface area contributed by atoms with Gasteiger partial charge in [0.05, 0.1) is 33.0 Å². The van der Waals surface area contributed by atoms with Crippen LogP contribution in [-0.2, 0) is 13.8 Å². The molecular formula is C8H21O7P. The van der Waals surface area contributed by atoms with E-state index in [1.807, 2.05) is 6.92 Å². The van der Waals surface area contributed by atoms with E-state index in [4.69, 9.17) is 20.0 Å². The van der Waals surface area contributed by atoms with Crippen LogP contribution in [0.15, 0.2) is 0 Å². The molecule has 0 aromatic rings. The van der Waals surface area contributed by atoms with E-state index in [1.165, 1.54) is 0 Å². The third kappa shape index (κ3) is 23.7. The number of phosphoric acid groups is 1. The molecule has 0 saturated heterocycles. The highest BCUT2D eigenvalue weighted by atomic mass is 31.2. The smallest absolute Gasteiger partial charge is 0.394 e. The first-order chi connectivity index (χ1) is 7.47.